The number of rotatable bonds is 3. The molecule has 0 aliphatic carbocycles. The first-order valence-corrected chi connectivity index (χ1v) is 3.66. The molecule has 2 heteroatoms. The minimum atomic E-state index is 0.383. The highest BCUT2D eigenvalue weighted by Crippen LogP contribution is 2.11. The molecule has 0 aliphatic heterocycles. The molecule has 0 fully saturated rings. The largest absolute Gasteiger partial charge is 0.384 e. The quantitative estimate of drug-likeness (QED) is 0.653. The lowest BCUT2D eigenvalue weighted by atomic mass is 10.1. The molecule has 1 aromatic rings. The monoisotopic (exact) mass is 150 g/mol. The molecule has 1 aromatic heterocycles. The summed E-state index contributed by atoms with van der Waals surface area (Å²) >= 11 is 0. The van der Waals surface area contributed by atoms with E-state index in [1.165, 1.54) is 0 Å². The Labute approximate surface area is 67.2 Å². The molecule has 0 saturated heterocycles. The summed E-state index contributed by atoms with van der Waals surface area (Å²) in [5.41, 5.74) is 1.11. The van der Waals surface area contributed by atoms with Gasteiger partial charge < -0.3 is 4.74 Å². The first kappa shape index (κ1) is 8.21. The molecule has 0 spiro atoms. The highest BCUT2D eigenvalue weighted by molar-refractivity contribution is 5.12. The lowest BCUT2D eigenvalue weighted by Crippen LogP contribution is -2.01. The Morgan fingerprint density at radius 1 is 1.73 bits per heavy atom. The molecule has 0 saturated carbocycles. The highest BCUT2D eigenvalue weighted by Gasteiger charge is 2.03. The number of nitrogens with zero attached hydrogens (tertiary/aromatic N) is 1. The number of ether oxygens (including phenoxy) is 1. The van der Waals surface area contributed by atoms with Crippen molar-refractivity contribution >= 4 is 0 Å². The van der Waals surface area contributed by atoms with E-state index < -0.39 is 0 Å². The maximum Gasteiger partial charge on any atom is 0.0924 e. The van der Waals surface area contributed by atoms with Crippen LogP contribution in [0.3, 0.4) is 0 Å². The average Bonchev–Trinajstić information content (AvgIpc) is 2.07. The highest BCUT2D eigenvalue weighted by atomic mass is 16.5. The van der Waals surface area contributed by atoms with E-state index in [0.29, 0.717) is 5.92 Å². The molecule has 1 heterocycles. The fourth-order valence-electron chi connectivity index (χ4n) is 0.953. The van der Waals surface area contributed by atoms with Gasteiger partial charge in [0, 0.05) is 19.2 Å². The van der Waals surface area contributed by atoms with E-state index in [1.54, 1.807) is 13.3 Å². The molecule has 2 nitrogen and oxygen atoms in total. The Balaban J connectivity index is 2.61. The Bertz CT molecular complexity index is 198. The van der Waals surface area contributed by atoms with Gasteiger partial charge in [-0.25, -0.2) is 0 Å². The van der Waals surface area contributed by atoms with Crippen LogP contribution in [0.4, 0.5) is 0 Å². The second-order valence-corrected chi connectivity index (χ2v) is 2.56. The molecular weight excluding hydrogens is 138 g/mol. The zero-order chi connectivity index (χ0) is 8.10. The predicted octanol–water partition coefficient (Wildman–Crippen LogP) is 1.63. The summed E-state index contributed by atoms with van der Waals surface area (Å²) in [6.45, 7) is 2.82. The van der Waals surface area contributed by atoms with Gasteiger partial charge in [0.05, 0.1) is 12.8 Å². The molecule has 0 amide bonds. The summed E-state index contributed by atoms with van der Waals surface area (Å²) in [6.07, 6.45) is 4.65. The molecule has 0 N–H and O–H groups in total. The molecule has 1 rings (SSSR count). The van der Waals surface area contributed by atoms with Gasteiger partial charge in [-0.1, -0.05) is 13.0 Å². The summed E-state index contributed by atoms with van der Waals surface area (Å²) in [7, 11) is 1.70. The average molecular weight is 150 g/mol. The van der Waals surface area contributed by atoms with Crippen LogP contribution in [0.15, 0.2) is 18.3 Å². The van der Waals surface area contributed by atoms with E-state index in [-0.39, 0.29) is 0 Å². The first-order chi connectivity index (χ1) is 5.34. The van der Waals surface area contributed by atoms with Crippen LogP contribution in [-0.4, -0.2) is 18.7 Å². The van der Waals surface area contributed by atoms with E-state index in [2.05, 4.69) is 18.1 Å². The van der Waals surface area contributed by atoms with E-state index in [0.717, 1.165) is 12.2 Å². The summed E-state index contributed by atoms with van der Waals surface area (Å²) in [5.74, 6) is 0.383. The van der Waals surface area contributed by atoms with Gasteiger partial charge in [-0.15, -0.1) is 0 Å². The third kappa shape index (κ3) is 2.31. The molecule has 1 atom stereocenters. The van der Waals surface area contributed by atoms with E-state index in [1.807, 2.05) is 12.1 Å². The first-order valence-electron chi connectivity index (χ1n) is 3.66. The molecule has 11 heavy (non-hydrogen) atoms. The Kier molecular flexibility index (Phi) is 3.05. The molecule has 0 aromatic carbocycles. The van der Waals surface area contributed by atoms with Crippen LogP contribution in [-0.2, 0) is 4.74 Å². The van der Waals surface area contributed by atoms with E-state index >= 15 is 0 Å². The molecule has 1 radical (unpaired) electrons. The Morgan fingerprint density at radius 3 is 3.09 bits per heavy atom. The molecule has 1 unspecified atom stereocenters. The van der Waals surface area contributed by atoms with E-state index in [4.69, 9.17) is 4.74 Å². The fraction of sp³-hybridized carbons (Fsp3) is 0.444. The van der Waals surface area contributed by atoms with Crippen molar-refractivity contribution in [3.63, 3.8) is 0 Å². The Hall–Kier alpha value is -0.890. The van der Waals surface area contributed by atoms with Gasteiger partial charge in [-0.2, -0.15) is 0 Å². The zero-order valence-electron chi connectivity index (χ0n) is 6.87. The fourth-order valence-corrected chi connectivity index (χ4v) is 0.953. The van der Waals surface area contributed by atoms with Gasteiger partial charge >= 0.3 is 0 Å². The summed E-state index contributed by atoms with van der Waals surface area (Å²) in [5, 5.41) is 0. The molecule has 0 aliphatic rings. The maximum atomic E-state index is 5.01. The zero-order valence-corrected chi connectivity index (χ0v) is 6.87. The van der Waals surface area contributed by atoms with E-state index in [9.17, 15) is 0 Å². The predicted molar refractivity (Wildman–Crippen MR) is 43.4 cm³/mol. The number of pyridine rings is 1. The molecule has 0 bridgehead atoms. The van der Waals surface area contributed by atoms with Crippen molar-refractivity contribution in [2.45, 2.75) is 12.8 Å². The number of aromatic nitrogens is 1. The van der Waals surface area contributed by atoms with Crippen molar-refractivity contribution < 1.29 is 4.74 Å². The topological polar surface area (TPSA) is 22.1 Å². The van der Waals surface area contributed by atoms with Crippen molar-refractivity contribution in [2.75, 3.05) is 13.7 Å². The summed E-state index contributed by atoms with van der Waals surface area (Å²) in [6, 6.07) is 3.93. The summed E-state index contributed by atoms with van der Waals surface area (Å²) in [4.78, 5) is 3.91. The van der Waals surface area contributed by atoms with Gasteiger partial charge in [-0.3, -0.25) is 4.98 Å². The smallest absolute Gasteiger partial charge is 0.0924 e. The number of hydrogen-bond acceptors (Lipinski definition) is 2. The lowest BCUT2D eigenvalue weighted by Gasteiger charge is -2.07. The van der Waals surface area contributed by atoms with Crippen molar-refractivity contribution in [1.82, 2.24) is 4.98 Å². The minimum absolute atomic E-state index is 0.383. The second kappa shape index (κ2) is 4.09. The van der Waals surface area contributed by atoms with Gasteiger partial charge in [0.15, 0.2) is 0 Å². The third-order valence-corrected chi connectivity index (χ3v) is 1.58. The minimum Gasteiger partial charge on any atom is -0.384 e. The van der Waals surface area contributed by atoms with Crippen LogP contribution in [0, 0.1) is 6.20 Å². The third-order valence-electron chi connectivity index (χ3n) is 1.58. The van der Waals surface area contributed by atoms with Gasteiger partial charge in [0.2, 0.25) is 0 Å². The van der Waals surface area contributed by atoms with Crippen molar-refractivity contribution in [2.24, 2.45) is 0 Å². The standard InChI is InChI=1S/C9H12NO/c1-8(7-11-2)9-4-3-5-10-6-9/h3-5,8H,7H2,1-2H3. The maximum absolute atomic E-state index is 5.01. The lowest BCUT2D eigenvalue weighted by molar-refractivity contribution is 0.184. The van der Waals surface area contributed by atoms with Crippen LogP contribution >= 0.6 is 0 Å². The summed E-state index contributed by atoms with van der Waals surface area (Å²) < 4.78 is 5.01. The Morgan fingerprint density at radius 2 is 2.55 bits per heavy atom. The van der Waals surface area contributed by atoms with Crippen molar-refractivity contribution in [1.29, 1.82) is 0 Å². The van der Waals surface area contributed by atoms with Gasteiger partial charge in [-0.05, 0) is 11.6 Å². The van der Waals surface area contributed by atoms with Crippen LogP contribution in [0.5, 0.6) is 0 Å². The van der Waals surface area contributed by atoms with Crippen LogP contribution in [0.25, 0.3) is 0 Å². The SMILES string of the molecule is COCC(C)c1[c]nccc1. The van der Waals surface area contributed by atoms with Crippen LogP contribution in [0.2, 0.25) is 0 Å². The van der Waals surface area contributed by atoms with Crippen LogP contribution < -0.4 is 0 Å². The van der Waals surface area contributed by atoms with Gasteiger partial charge in [0.25, 0.3) is 0 Å². The normalized spacial score (nSPS) is 12.9. The van der Waals surface area contributed by atoms with Gasteiger partial charge in [0.1, 0.15) is 0 Å². The second-order valence-electron chi connectivity index (χ2n) is 2.56. The van der Waals surface area contributed by atoms with Crippen LogP contribution in [0.1, 0.15) is 18.4 Å². The molecular formula is C9H12NO. The van der Waals surface area contributed by atoms with Crippen molar-refractivity contribution in [3.8, 4) is 0 Å². The molecule has 59 valence electrons. The number of hydrogen-bond donors (Lipinski definition) is 0. The number of methoxy groups -OCH3 is 1. The van der Waals surface area contributed by atoms with Crippen molar-refractivity contribution in [3.05, 3.63) is 30.1 Å².